The molecule has 0 fully saturated rings. The zero-order chi connectivity index (χ0) is 19.1. The van der Waals surface area contributed by atoms with Gasteiger partial charge in [-0.25, -0.2) is 0 Å². The number of methoxy groups -OCH3 is 3. The van der Waals surface area contributed by atoms with Gasteiger partial charge < -0.3 is 14.2 Å². The van der Waals surface area contributed by atoms with E-state index in [1.807, 2.05) is 6.07 Å². The van der Waals surface area contributed by atoms with E-state index in [0.717, 1.165) is 38.4 Å². The fraction of sp³-hybridized carbons (Fsp3) is 0.227. The minimum absolute atomic E-state index is 0.730. The monoisotopic (exact) mass is 380 g/mol. The lowest BCUT2D eigenvalue weighted by molar-refractivity contribution is -0.642. The Bertz CT molecular complexity index is 1190. The Kier molecular flexibility index (Phi) is 4.48. The molecular weight excluding hydrogens is 358 g/mol. The van der Waals surface area contributed by atoms with E-state index in [-0.39, 0.29) is 0 Å². The number of thioether (sulfide) groups is 1. The molecule has 0 aliphatic rings. The summed E-state index contributed by atoms with van der Waals surface area (Å²) in [5.41, 5.74) is 1.15. The third kappa shape index (κ3) is 2.73. The average molecular weight is 380 g/mol. The highest BCUT2D eigenvalue weighted by molar-refractivity contribution is 7.98. The zero-order valence-corrected chi connectivity index (χ0v) is 16.9. The summed E-state index contributed by atoms with van der Waals surface area (Å²) in [6.07, 6.45) is 4.24. The number of fused-ring (bicyclic) bond motifs is 5. The second-order valence-electron chi connectivity index (χ2n) is 6.42. The molecule has 0 bridgehead atoms. The molecule has 0 unspecified atom stereocenters. The van der Waals surface area contributed by atoms with E-state index in [2.05, 4.69) is 54.4 Å². The van der Waals surface area contributed by atoms with Crippen LogP contribution in [0.5, 0.6) is 17.2 Å². The smallest absolute Gasteiger partial charge is 0.220 e. The number of hydrogen-bond donors (Lipinski definition) is 0. The number of benzene rings is 3. The molecule has 27 heavy (non-hydrogen) atoms. The summed E-state index contributed by atoms with van der Waals surface area (Å²) in [7, 11) is 7.13. The first-order valence-corrected chi connectivity index (χ1v) is 9.86. The van der Waals surface area contributed by atoms with Gasteiger partial charge in [-0.3, -0.25) is 0 Å². The number of aryl methyl sites for hydroxylation is 1. The third-order valence-corrected chi connectivity index (χ3v) is 5.79. The first-order valence-electron chi connectivity index (χ1n) is 8.64. The van der Waals surface area contributed by atoms with Gasteiger partial charge in [0, 0.05) is 15.7 Å². The molecule has 0 saturated carbocycles. The molecule has 0 saturated heterocycles. The SMILES string of the molecule is COc1cc2ccc3c4cc(OC)c(SC)cc4c[n+](C)c3c2cc1OC. The van der Waals surface area contributed by atoms with Crippen molar-refractivity contribution in [2.45, 2.75) is 4.90 Å². The van der Waals surface area contributed by atoms with Gasteiger partial charge in [0.05, 0.1) is 32.1 Å². The van der Waals surface area contributed by atoms with Crippen LogP contribution in [0.25, 0.3) is 32.4 Å². The Morgan fingerprint density at radius 1 is 0.741 bits per heavy atom. The van der Waals surface area contributed by atoms with Crippen LogP contribution in [0.1, 0.15) is 0 Å². The van der Waals surface area contributed by atoms with Crippen molar-refractivity contribution in [3.63, 3.8) is 0 Å². The Hall–Kier alpha value is -2.66. The summed E-state index contributed by atoms with van der Waals surface area (Å²) < 4.78 is 18.8. The van der Waals surface area contributed by atoms with Gasteiger partial charge >= 0.3 is 0 Å². The first-order chi connectivity index (χ1) is 13.1. The summed E-state index contributed by atoms with van der Waals surface area (Å²) in [6, 6.07) is 12.7. The van der Waals surface area contributed by atoms with Crippen molar-refractivity contribution in [2.75, 3.05) is 27.6 Å². The van der Waals surface area contributed by atoms with E-state index in [4.69, 9.17) is 14.2 Å². The summed E-state index contributed by atoms with van der Waals surface area (Å²) in [6.45, 7) is 0. The second kappa shape index (κ2) is 6.82. The molecule has 0 amide bonds. The number of aromatic nitrogens is 1. The Balaban J connectivity index is 2.16. The van der Waals surface area contributed by atoms with Crippen molar-refractivity contribution in [1.82, 2.24) is 0 Å². The number of hydrogen-bond acceptors (Lipinski definition) is 4. The Labute approximate surface area is 162 Å². The lowest BCUT2D eigenvalue weighted by Crippen LogP contribution is -2.28. The van der Waals surface area contributed by atoms with Crippen LogP contribution in [0.3, 0.4) is 0 Å². The van der Waals surface area contributed by atoms with Gasteiger partial charge in [-0.15, -0.1) is 11.8 Å². The van der Waals surface area contributed by atoms with Crippen LogP contribution in [0.4, 0.5) is 0 Å². The van der Waals surface area contributed by atoms with Crippen molar-refractivity contribution in [3.05, 3.63) is 42.6 Å². The van der Waals surface area contributed by atoms with Crippen LogP contribution in [0.2, 0.25) is 0 Å². The van der Waals surface area contributed by atoms with Gasteiger partial charge in [-0.1, -0.05) is 6.07 Å². The lowest BCUT2D eigenvalue weighted by Gasteiger charge is -2.12. The molecule has 0 radical (unpaired) electrons. The van der Waals surface area contributed by atoms with Crippen molar-refractivity contribution in [3.8, 4) is 17.2 Å². The van der Waals surface area contributed by atoms with E-state index in [1.54, 1.807) is 33.1 Å². The molecule has 1 aromatic heterocycles. The molecule has 0 aliphatic heterocycles. The van der Waals surface area contributed by atoms with Gasteiger partial charge in [0.25, 0.3) is 0 Å². The van der Waals surface area contributed by atoms with Gasteiger partial charge in [0.1, 0.15) is 12.8 Å². The third-order valence-electron chi connectivity index (χ3n) is 5.03. The Morgan fingerprint density at radius 3 is 2.07 bits per heavy atom. The van der Waals surface area contributed by atoms with Crippen LogP contribution in [0, 0.1) is 0 Å². The summed E-state index contributed by atoms with van der Waals surface area (Å²) >= 11 is 1.69. The van der Waals surface area contributed by atoms with Gasteiger partial charge in [0.2, 0.25) is 5.52 Å². The number of nitrogens with zero attached hydrogens (tertiary/aromatic N) is 1. The Morgan fingerprint density at radius 2 is 1.41 bits per heavy atom. The molecule has 0 atom stereocenters. The highest BCUT2D eigenvalue weighted by atomic mass is 32.2. The van der Waals surface area contributed by atoms with Crippen molar-refractivity contribution in [2.24, 2.45) is 7.05 Å². The highest BCUT2D eigenvalue weighted by Crippen LogP contribution is 2.38. The summed E-state index contributed by atoms with van der Waals surface area (Å²) in [5, 5.41) is 5.79. The van der Waals surface area contributed by atoms with Crippen LogP contribution in [0.15, 0.2) is 47.5 Å². The maximum absolute atomic E-state index is 5.61. The van der Waals surface area contributed by atoms with Gasteiger partial charge in [0.15, 0.2) is 17.7 Å². The largest absolute Gasteiger partial charge is 0.496 e. The van der Waals surface area contributed by atoms with Crippen LogP contribution >= 0.6 is 11.8 Å². The summed E-state index contributed by atoms with van der Waals surface area (Å²) in [5.74, 6) is 2.37. The number of pyridine rings is 1. The van der Waals surface area contributed by atoms with E-state index in [9.17, 15) is 0 Å². The van der Waals surface area contributed by atoms with E-state index in [1.165, 1.54) is 16.2 Å². The van der Waals surface area contributed by atoms with Crippen LogP contribution in [-0.2, 0) is 7.05 Å². The van der Waals surface area contributed by atoms with Crippen molar-refractivity contribution in [1.29, 1.82) is 0 Å². The molecule has 3 aromatic carbocycles. The molecule has 0 spiro atoms. The minimum atomic E-state index is 0.730. The second-order valence-corrected chi connectivity index (χ2v) is 7.27. The molecule has 5 heteroatoms. The molecule has 0 aliphatic carbocycles. The van der Waals surface area contributed by atoms with Crippen molar-refractivity contribution >= 4 is 44.2 Å². The molecule has 1 heterocycles. The molecular formula is C22H22NO3S+. The highest BCUT2D eigenvalue weighted by Gasteiger charge is 2.18. The molecule has 0 N–H and O–H groups in total. The molecule has 4 aromatic rings. The number of rotatable bonds is 4. The topological polar surface area (TPSA) is 31.6 Å². The fourth-order valence-corrected chi connectivity index (χ4v) is 4.33. The maximum Gasteiger partial charge on any atom is 0.220 e. The quantitative estimate of drug-likeness (QED) is 0.291. The predicted molar refractivity (Wildman–Crippen MR) is 112 cm³/mol. The van der Waals surface area contributed by atoms with Crippen LogP contribution in [-0.4, -0.2) is 27.6 Å². The minimum Gasteiger partial charge on any atom is -0.496 e. The lowest BCUT2D eigenvalue weighted by atomic mass is 10.0. The van der Waals surface area contributed by atoms with E-state index < -0.39 is 0 Å². The molecule has 4 nitrogen and oxygen atoms in total. The maximum atomic E-state index is 5.61. The standard InChI is InChI=1S/C22H22NO3S/c1-23-12-14-9-21(27-5)20(26-4)10-16(14)15-7-6-13-8-18(24-2)19(25-3)11-17(13)22(15)23/h6-12H,1-5H3/q+1. The van der Waals surface area contributed by atoms with Gasteiger partial charge in [-0.2, -0.15) is 4.57 Å². The van der Waals surface area contributed by atoms with Crippen LogP contribution < -0.4 is 18.8 Å². The zero-order valence-electron chi connectivity index (χ0n) is 16.1. The average Bonchev–Trinajstić information content (AvgIpc) is 2.71. The van der Waals surface area contributed by atoms with Gasteiger partial charge in [-0.05, 0) is 42.0 Å². The number of ether oxygens (including phenoxy) is 3. The summed E-state index contributed by atoms with van der Waals surface area (Å²) in [4.78, 5) is 1.14. The normalized spacial score (nSPS) is 11.3. The van der Waals surface area contributed by atoms with E-state index in [0.29, 0.717) is 0 Å². The fourth-order valence-electron chi connectivity index (χ4n) is 3.74. The molecule has 138 valence electrons. The first kappa shape index (κ1) is 17.7. The predicted octanol–water partition coefficient (Wildman–Crippen LogP) is 4.72. The molecule has 4 rings (SSSR count). The van der Waals surface area contributed by atoms with Crippen molar-refractivity contribution < 1.29 is 18.8 Å². The van der Waals surface area contributed by atoms with E-state index >= 15 is 0 Å².